The lowest BCUT2D eigenvalue weighted by atomic mass is 9.95. The second kappa shape index (κ2) is 7.40. The lowest BCUT2D eigenvalue weighted by Gasteiger charge is -2.21. The number of hydrogen-bond donors (Lipinski definition) is 1. The molecule has 5 nitrogen and oxygen atoms in total. The first-order valence-electron chi connectivity index (χ1n) is 7.91. The van der Waals surface area contributed by atoms with Crippen molar-refractivity contribution in [3.8, 4) is 0 Å². The molecule has 6 heteroatoms. The third-order valence-electron chi connectivity index (χ3n) is 4.30. The Morgan fingerprint density at radius 1 is 1.52 bits per heavy atom. The Bertz CT molecular complexity index is 539. The van der Waals surface area contributed by atoms with Crippen molar-refractivity contribution in [1.82, 2.24) is 15.1 Å². The summed E-state index contributed by atoms with van der Waals surface area (Å²) in [5, 5.41) is 7.78. The van der Waals surface area contributed by atoms with E-state index >= 15 is 0 Å². The van der Waals surface area contributed by atoms with Gasteiger partial charge in [-0.1, -0.05) is 6.92 Å². The first kappa shape index (κ1) is 16.5. The molecule has 1 aliphatic rings. The van der Waals surface area contributed by atoms with E-state index in [1.54, 1.807) is 0 Å². The summed E-state index contributed by atoms with van der Waals surface area (Å²) in [5.74, 6) is 1.08. The van der Waals surface area contributed by atoms with E-state index in [1.807, 2.05) is 17.9 Å². The highest BCUT2D eigenvalue weighted by Gasteiger charge is 2.29. The van der Waals surface area contributed by atoms with Gasteiger partial charge in [0.2, 0.25) is 0 Å². The molecule has 0 aliphatic carbocycles. The minimum Gasteiger partial charge on any atom is -0.314 e. The van der Waals surface area contributed by atoms with Gasteiger partial charge in [-0.2, -0.15) is 5.10 Å². The molecular formula is C15H27N3O2S. The second-order valence-corrected chi connectivity index (χ2v) is 8.37. The Hall–Kier alpha value is -0.880. The van der Waals surface area contributed by atoms with Gasteiger partial charge in [0.15, 0.2) is 9.84 Å². The van der Waals surface area contributed by atoms with Crippen LogP contribution < -0.4 is 5.32 Å². The largest absolute Gasteiger partial charge is 0.314 e. The minimum absolute atomic E-state index is 0.330. The van der Waals surface area contributed by atoms with Gasteiger partial charge >= 0.3 is 0 Å². The third kappa shape index (κ3) is 5.11. The highest BCUT2D eigenvalue weighted by Crippen LogP contribution is 2.24. The summed E-state index contributed by atoms with van der Waals surface area (Å²) in [6.45, 7) is 3.15. The maximum absolute atomic E-state index is 11.6. The van der Waals surface area contributed by atoms with Crippen molar-refractivity contribution in [3.05, 3.63) is 18.0 Å². The van der Waals surface area contributed by atoms with Crippen LogP contribution in [0, 0.1) is 5.92 Å². The first-order chi connectivity index (χ1) is 10.00. The molecule has 1 aliphatic heterocycles. The zero-order valence-corrected chi connectivity index (χ0v) is 13.9. The van der Waals surface area contributed by atoms with Gasteiger partial charge in [0, 0.05) is 25.0 Å². The van der Waals surface area contributed by atoms with E-state index in [9.17, 15) is 8.42 Å². The van der Waals surface area contributed by atoms with Gasteiger partial charge in [0.25, 0.3) is 0 Å². The summed E-state index contributed by atoms with van der Waals surface area (Å²) in [5.41, 5.74) is 1.23. The Morgan fingerprint density at radius 2 is 2.33 bits per heavy atom. The van der Waals surface area contributed by atoms with Gasteiger partial charge in [-0.15, -0.1) is 0 Å². The summed E-state index contributed by atoms with van der Waals surface area (Å²) in [4.78, 5) is 0. The van der Waals surface area contributed by atoms with Crippen molar-refractivity contribution in [2.75, 3.05) is 18.1 Å². The van der Waals surface area contributed by atoms with Crippen molar-refractivity contribution >= 4 is 9.84 Å². The van der Waals surface area contributed by atoms with Gasteiger partial charge in [-0.25, -0.2) is 8.42 Å². The normalized spacial score (nSPS) is 22.5. The minimum atomic E-state index is -2.77. The average Bonchev–Trinajstić information content (AvgIpc) is 2.98. The van der Waals surface area contributed by atoms with Crippen molar-refractivity contribution in [2.45, 2.75) is 45.1 Å². The smallest absolute Gasteiger partial charge is 0.150 e. The van der Waals surface area contributed by atoms with E-state index in [4.69, 9.17) is 0 Å². The maximum atomic E-state index is 11.6. The van der Waals surface area contributed by atoms with E-state index < -0.39 is 9.84 Å². The van der Waals surface area contributed by atoms with Crippen LogP contribution in [0.3, 0.4) is 0 Å². The molecule has 1 N–H and O–H groups in total. The summed E-state index contributed by atoms with van der Waals surface area (Å²) in [6, 6.07) is 2.45. The van der Waals surface area contributed by atoms with Gasteiger partial charge in [-0.3, -0.25) is 4.68 Å². The molecule has 0 amide bonds. The zero-order valence-electron chi connectivity index (χ0n) is 13.1. The molecule has 0 aromatic carbocycles. The van der Waals surface area contributed by atoms with Gasteiger partial charge in [0.05, 0.1) is 11.5 Å². The molecule has 1 aromatic rings. The third-order valence-corrected chi connectivity index (χ3v) is 6.14. The molecule has 1 fully saturated rings. The van der Waals surface area contributed by atoms with Crippen LogP contribution in [0.15, 0.2) is 12.3 Å². The maximum Gasteiger partial charge on any atom is 0.150 e. The van der Waals surface area contributed by atoms with Gasteiger partial charge < -0.3 is 5.32 Å². The number of nitrogens with one attached hydrogen (secondary N) is 1. The molecular weight excluding hydrogens is 286 g/mol. The standard InChI is InChI=1S/C15H27N3O2S/c1-3-8-16-14(4-5-15-6-9-17-18(15)2)11-13-7-10-21(19,20)12-13/h6,9,13-14,16H,3-5,7-8,10-12H2,1-2H3. The van der Waals surface area contributed by atoms with Crippen LogP contribution in [0.25, 0.3) is 0 Å². The second-order valence-electron chi connectivity index (χ2n) is 6.14. The molecule has 2 unspecified atom stereocenters. The Kier molecular flexibility index (Phi) is 5.81. The molecule has 0 spiro atoms. The molecule has 0 saturated carbocycles. The lowest BCUT2D eigenvalue weighted by Crippen LogP contribution is -2.32. The van der Waals surface area contributed by atoms with Gasteiger partial charge in [-0.05, 0) is 50.6 Å². The molecule has 2 rings (SSSR count). The van der Waals surface area contributed by atoms with Crippen LogP contribution in [-0.4, -0.2) is 42.3 Å². The SMILES string of the molecule is CCCNC(CCc1ccnn1C)CC1CCS(=O)(=O)C1. The predicted octanol–water partition coefficient (Wildman–Crippen LogP) is 1.55. The molecule has 1 aromatic heterocycles. The highest BCUT2D eigenvalue weighted by atomic mass is 32.2. The lowest BCUT2D eigenvalue weighted by molar-refractivity contribution is 0.384. The fourth-order valence-corrected chi connectivity index (χ4v) is 4.96. The van der Waals surface area contributed by atoms with E-state index in [2.05, 4.69) is 23.4 Å². The van der Waals surface area contributed by atoms with Crippen LogP contribution in [-0.2, 0) is 23.3 Å². The van der Waals surface area contributed by atoms with E-state index in [1.165, 1.54) is 5.69 Å². The number of rotatable bonds is 8. The average molecular weight is 313 g/mol. The van der Waals surface area contributed by atoms with Crippen molar-refractivity contribution in [1.29, 1.82) is 0 Å². The number of hydrogen-bond acceptors (Lipinski definition) is 4. The zero-order chi connectivity index (χ0) is 15.3. The van der Waals surface area contributed by atoms with Crippen LogP contribution in [0.1, 0.15) is 38.3 Å². The quantitative estimate of drug-likeness (QED) is 0.791. The Labute approximate surface area is 128 Å². The Balaban J connectivity index is 1.87. The molecule has 1 saturated heterocycles. The summed E-state index contributed by atoms with van der Waals surface area (Å²) >= 11 is 0. The molecule has 2 heterocycles. The number of aromatic nitrogens is 2. The molecule has 0 radical (unpaired) electrons. The van der Waals surface area contributed by atoms with Crippen LogP contribution in [0.5, 0.6) is 0 Å². The van der Waals surface area contributed by atoms with Crippen LogP contribution in [0.4, 0.5) is 0 Å². The van der Waals surface area contributed by atoms with Crippen molar-refractivity contribution in [3.63, 3.8) is 0 Å². The summed E-state index contributed by atoms with van der Waals surface area (Å²) in [7, 11) is -0.803. The van der Waals surface area contributed by atoms with Crippen LogP contribution >= 0.6 is 0 Å². The van der Waals surface area contributed by atoms with Crippen molar-refractivity contribution in [2.24, 2.45) is 13.0 Å². The molecule has 2 atom stereocenters. The summed E-state index contributed by atoms with van der Waals surface area (Å²) < 4.78 is 25.1. The van der Waals surface area contributed by atoms with Crippen LogP contribution in [0.2, 0.25) is 0 Å². The highest BCUT2D eigenvalue weighted by molar-refractivity contribution is 7.91. The molecule has 120 valence electrons. The summed E-state index contributed by atoms with van der Waals surface area (Å²) in [6.07, 6.45) is 6.75. The number of aryl methyl sites for hydroxylation is 2. The van der Waals surface area contributed by atoms with E-state index in [-0.39, 0.29) is 0 Å². The molecule has 0 bridgehead atoms. The monoisotopic (exact) mass is 313 g/mol. The number of nitrogens with zero attached hydrogens (tertiary/aromatic N) is 2. The predicted molar refractivity (Wildman–Crippen MR) is 85.0 cm³/mol. The Morgan fingerprint density at radius 3 is 2.90 bits per heavy atom. The number of sulfone groups is 1. The van der Waals surface area contributed by atoms with E-state index in [0.29, 0.717) is 23.5 Å². The fourth-order valence-electron chi connectivity index (χ4n) is 3.08. The molecule has 21 heavy (non-hydrogen) atoms. The first-order valence-corrected chi connectivity index (χ1v) is 9.73. The topological polar surface area (TPSA) is 64.0 Å². The van der Waals surface area contributed by atoms with Gasteiger partial charge in [0.1, 0.15) is 0 Å². The van der Waals surface area contributed by atoms with E-state index in [0.717, 1.165) is 38.6 Å². The fraction of sp³-hybridized carbons (Fsp3) is 0.800. The van der Waals surface area contributed by atoms with Crippen molar-refractivity contribution < 1.29 is 8.42 Å².